The molecule has 0 aromatic carbocycles. The van der Waals surface area contributed by atoms with Crippen LogP contribution in [-0.2, 0) is 0 Å². The average molecular weight is 133 g/mol. The van der Waals surface area contributed by atoms with E-state index < -0.39 is 6.29 Å². The standard InChI is InChI=1S/C5H11NO3/c1-2-3-6(9)4-5(7)8/h2,5,7-9H,1,3-4H2. The monoisotopic (exact) mass is 133 g/mol. The number of hydrogen-bond acceptors (Lipinski definition) is 4. The number of hydroxylamine groups is 2. The summed E-state index contributed by atoms with van der Waals surface area (Å²) in [7, 11) is 0. The molecule has 0 saturated heterocycles. The van der Waals surface area contributed by atoms with E-state index >= 15 is 0 Å². The Hall–Kier alpha value is -0.420. The van der Waals surface area contributed by atoms with Crippen LogP contribution in [-0.4, -0.2) is 39.9 Å². The summed E-state index contributed by atoms with van der Waals surface area (Å²) in [5, 5.41) is 26.0. The van der Waals surface area contributed by atoms with E-state index in [1.54, 1.807) is 0 Å². The molecule has 0 radical (unpaired) electrons. The maximum absolute atomic E-state index is 8.66. The van der Waals surface area contributed by atoms with Crippen molar-refractivity contribution in [3.63, 3.8) is 0 Å². The minimum Gasteiger partial charge on any atom is -0.367 e. The molecule has 4 heteroatoms. The summed E-state index contributed by atoms with van der Waals surface area (Å²) in [6.45, 7) is 3.40. The van der Waals surface area contributed by atoms with Gasteiger partial charge in [-0.3, -0.25) is 0 Å². The quantitative estimate of drug-likeness (QED) is 0.266. The van der Waals surface area contributed by atoms with Gasteiger partial charge in [-0.2, -0.15) is 5.06 Å². The van der Waals surface area contributed by atoms with Gasteiger partial charge < -0.3 is 15.4 Å². The van der Waals surface area contributed by atoms with Crippen molar-refractivity contribution >= 4 is 0 Å². The van der Waals surface area contributed by atoms with Crippen LogP contribution < -0.4 is 0 Å². The summed E-state index contributed by atoms with van der Waals surface area (Å²) >= 11 is 0. The molecule has 0 rings (SSSR count). The normalized spacial score (nSPS) is 10.8. The van der Waals surface area contributed by atoms with Crippen molar-refractivity contribution in [2.75, 3.05) is 13.1 Å². The van der Waals surface area contributed by atoms with Gasteiger partial charge in [0.05, 0.1) is 6.54 Å². The summed E-state index contributed by atoms with van der Waals surface area (Å²) < 4.78 is 0. The predicted octanol–water partition coefficient (Wildman–Crippen LogP) is -0.826. The first-order valence-corrected chi connectivity index (χ1v) is 2.57. The molecule has 0 aliphatic heterocycles. The molecule has 3 N–H and O–H groups in total. The van der Waals surface area contributed by atoms with Gasteiger partial charge in [0.2, 0.25) is 0 Å². The van der Waals surface area contributed by atoms with Crippen molar-refractivity contribution in [2.45, 2.75) is 6.29 Å². The number of aliphatic hydroxyl groups is 2. The Morgan fingerprint density at radius 1 is 1.56 bits per heavy atom. The van der Waals surface area contributed by atoms with Crippen molar-refractivity contribution in [2.24, 2.45) is 0 Å². The lowest BCUT2D eigenvalue weighted by molar-refractivity contribution is -0.151. The Labute approximate surface area is 53.6 Å². The maximum atomic E-state index is 8.66. The fourth-order valence-corrected chi connectivity index (χ4v) is 0.412. The van der Waals surface area contributed by atoms with Gasteiger partial charge >= 0.3 is 0 Å². The van der Waals surface area contributed by atoms with E-state index in [9.17, 15) is 0 Å². The third kappa shape index (κ3) is 5.45. The van der Waals surface area contributed by atoms with E-state index in [1.165, 1.54) is 6.08 Å². The SMILES string of the molecule is C=CCN(O)CC(O)O. The minimum atomic E-state index is -1.49. The molecule has 0 aliphatic carbocycles. The summed E-state index contributed by atoms with van der Waals surface area (Å²) in [6, 6.07) is 0. The lowest BCUT2D eigenvalue weighted by Gasteiger charge is -2.12. The fourth-order valence-electron chi connectivity index (χ4n) is 0.412. The highest BCUT2D eigenvalue weighted by atomic mass is 16.5. The lowest BCUT2D eigenvalue weighted by Crippen LogP contribution is -2.29. The summed E-state index contributed by atoms with van der Waals surface area (Å²) in [4.78, 5) is 0. The molecule has 0 aliphatic rings. The minimum absolute atomic E-state index is 0.175. The molecule has 0 unspecified atom stereocenters. The van der Waals surface area contributed by atoms with E-state index in [4.69, 9.17) is 15.4 Å². The first kappa shape index (κ1) is 8.58. The second-order valence-corrected chi connectivity index (χ2v) is 1.64. The molecule has 0 aromatic heterocycles. The molecule has 0 amide bonds. The van der Waals surface area contributed by atoms with Crippen molar-refractivity contribution < 1.29 is 15.4 Å². The van der Waals surface area contributed by atoms with Gasteiger partial charge in [-0.15, -0.1) is 6.58 Å². The van der Waals surface area contributed by atoms with Gasteiger partial charge in [0.1, 0.15) is 0 Å². The van der Waals surface area contributed by atoms with Gasteiger partial charge in [0, 0.05) is 6.54 Å². The Morgan fingerprint density at radius 2 is 2.11 bits per heavy atom. The van der Waals surface area contributed by atoms with Crippen LogP contribution in [0.1, 0.15) is 0 Å². The highest BCUT2D eigenvalue weighted by Crippen LogP contribution is 1.83. The van der Waals surface area contributed by atoms with E-state index in [2.05, 4.69) is 6.58 Å². The smallest absolute Gasteiger partial charge is 0.166 e. The number of aliphatic hydroxyl groups excluding tert-OH is 1. The maximum Gasteiger partial charge on any atom is 0.166 e. The molecular formula is C5H11NO3. The molecular weight excluding hydrogens is 122 g/mol. The van der Waals surface area contributed by atoms with Gasteiger partial charge in [-0.05, 0) is 0 Å². The van der Waals surface area contributed by atoms with Crippen molar-refractivity contribution in [1.29, 1.82) is 0 Å². The largest absolute Gasteiger partial charge is 0.367 e. The van der Waals surface area contributed by atoms with Crippen LogP contribution in [0.25, 0.3) is 0 Å². The zero-order chi connectivity index (χ0) is 7.28. The first-order chi connectivity index (χ1) is 4.16. The van der Waals surface area contributed by atoms with Crippen molar-refractivity contribution in [3.8, 4) is 0 Å². The molecule has 0 atom stereocenters. The summed E-state index contributed by atoms with van der Waals surface area (Å²) in [5.74, 6) is 0. The van der Waals surface area contributed by atoms with Crippen LogP contribution in [0.3, 0.4) is 0 Å². The molecule has 0 bridgehead atoms. The predicted molar refractivity (Wildman–Crippen MR) is 31.8 cm³/mol. The molecule has 0 fully saturated rings. The molecule has 0 heterocycles. The molecule has 0 aromatic rings. The second-order valence-electron chi connectivity index (χ2n) is 1.64. The van der Waals surface area contributed by atoms with E-state index in [0.717, 1.165) is 5.06 Å². The first-order valence-electron chi connectivity index (χ1n) is 2.57. The van der Waals surface area contributed by atoms with Gasteiger partial charge in [0.25, 0.3) is 0 Å². The molecule has 0 spiro atoms. The van der Waals surface area contributed by atoms with E-state index in [1.807, 2.05) is 0 Å². The van der Waals surface area contributed by atoms with E-state index in [0.29, 0.717) is 0 Å². The Morgan fingerprint density at radius 3 is 2.44 bits per heavy atom. The van der Waals surface area contributed by atoms with Crippen LogP contribution in [0.5, 0.6) is 0 Å². The summed E-state index contributed by atoms with van der Waals surface area (Å²) in [5.41, 5.74) is 0. The Balaban J connectivity index is 3.25. The number of rotatable bonds is 4. The lowest BCUT2D eigenvalue weighted by atomic mass is 10.5. The second kappa shape index (κ2) is 4.46. The van der Waals surface area contributed by atoms with Crippen LogP contribution in [0.4, 0.5) is 0 Å². The van der Waals surface area contributed by atoms with Crippen LogP contribution in [0.2, 0.25) is 0 Å². The van der Waals surface area contributed by atoms with E-state index in [-0.39, 0.29) is 13.1 Å². The molecule has 9 heavy (non-hydrogen) atoms. The molecule has 54 valence electrons. The Bertz CT molecular complexity index is 84.3. The van der Waals surface area contributed by atoms with Gasteiger partial charge in [-0.1, -0.05) is 6.08 Å². The number of hydrogen-bond donors (Lipinski definition) is 3. The van der Waals surface area contributed by atoms with Crippen LogP contribution in [0, 0.1) is 0 Å². The third-order valence-corrected chi connectivity index (χ3v) is 0.714. The summed E-state index contributed by atoms with van der Waals surface area (Å²) in [6.07, 6.45) is -0.0301. The zero-order valence-electron chi connectivity index (χ0n) is 5.06. The van der Waals surface area contributed by atoms with Crippen LogP contribution >= 0.6 is 0 Å². The topological polar surface area (TPSA) is 63.9 Å². The third-order valence-electron chi connectivity index (χ3n) is 0.714. The molecule has 4 nitrogen and oxygen atoms in total. The highest BCUT2D eigenvalue weighted by Gasteiger charge is 2.01. The average Bonchev–Trinajstić information content (AvgIpc) is 1.63. The Kier molecular flexibility index (Phi) is 4.25. The van der Waals surface area contributed by atoms with Crippen molar-refractivity contribution in [3.05, 3.63) is 12.7 Å². The highest BCUT2D eigenvalue weighted by molar-refractivity contribution is 4.68. The fraction of sp³-hybridized carbons (Fsp3) is 0.600. The van der Waals surface area contributed by atoms with Gasteiger partial charge in [-0.25, -0.2) is 0 Å². The van der Waals surface area contributed by atoms with Gasteiger partial charge in [0.15, 0.2) is 6.29 Å². The van der Waals surface area contributed by atoms with Crippen molar-refractivity contribution in [1.82, 2.24) is 5.06 Å². The molecule has 0 saturated carbocycles. The number of nitrogens with zero attached hydrogens (tertiary/aromatic N) is 1. The zero-order valence-corrected chi connectivity index (χ0v) is 5.06. The van der Waals surface area contributed by atoms with Crippen LogP contribution in [0.15, 0.2) is 12.7 Å².